The summed E-state index contributed by atoms with van der Waals surface area (Å²) >= 11 is 0. The van der Waals surface area contributed by atoms with Gasteiger partial charge in [0.05, 0.1) is 31.6 Å². The van der Waals surface area contributed by atoms with Crippen molar-refractivity contribution < 1.29 is 19.4 Å². The van der Waals surface area contributed by atoms with Gasteiger partial charge in [-0.25, -0.2) is 4.79 Å². The Balaban J connectivity index is 2.34. The second-order valence-electron chi connectivity index (χ2n) is 3.79. The molecule has 0 aliphatic carbocycles. The second kappa shape index (κ2) is 5.05. The van der Waals surface area contributed by atoms with Crippen LogP contribution in [0.3, 0.4) is 0 Å². The highest BCUT2D eigenvalue weighted by atomic mass is 16.5. The van der Waals surface area contributed by atoms with Gasteiger partial charge in [-0.05, 0) is 18.2 Å². The highest BCUT2D eigenvalue weighted by Crippen LogP contribution is 2.26. The molecule has 1 N–H and O–H groups in total. The van der Waals surface area contributed by atoms with Crippen molar-refractivity contribution in [3.05, 3.63) is 23.8 Å². The summed E-state index contributed by atoms with van der Waals surface area (Å²) in [6.07, 6.45) is 0. The summed E-state index contributed by atoms with van der Waals surface area (Å²) in [6.45, 7) is 2.69. The number of hydrogen-bond acceptors (Lipinski definition) is 4. The van der Waals surface area contributed by atoms with Crippen molar-refractivity contribution >= 4 is 11.7 Å². The maximum atomic E-state index is 11.2. The van der Waals surface area contributed by atoms with E-state index in [4.69, 9.17) is 9.47 Å². The number of carbonyl (C=O) groups is 1. The van der Waals surface area contributed by atoms with E-state index in [2.05, 4.69) is 0 Å². The van der Waals surface area contributed by atoms with Crippen molar-refractivity contribution in [2.75, 3.05) is 38.3 Å². The lowest BCUT2D eigenvalue weighted by Crippen LogP contribution is -2.37. The van der Waals surface area contributed by atoms with Gasteiger partial charge in [0, 0.05) is 13.1 Å². The van der Waals surface area contributed by atoms with E-state index in [1.165, 1.54) is 7.11 Å². The molecule has 0 amide bonds. The SMILES string of the molecule is COc1ccc(N2CCOCC2)c(C(=O)O)c1. The molecule has 1 aromatic carbocycles. The number of rotatable bonds is 3. The van der Waals surface area contributed by atoms with Gasteiger partial charge >= 0.3 is 5.97 Å². The predicted molar refractivity (Wildman–Crippen MR) is 63.0 cm³/mol. The van der Waals surface area contributed by atoms with Crippen molar-refractivity contribution in [1.29, 1.82) is 0 Å². The number of carboxylic acid groups (broad SMARTS) is 1. The monoisotopic (exact) mass is 237 g/mol. The smallest absolute Gasteiger partial charge is 0.337 e. The van der Waals surface area contributed by atoms with Crippen LogP contribution in [0.5, 0.6) is 5.75 Å². The van der Waals surface area contributed by atoms with E-state index in [0.717, 1.165) is 5.69 Å². The standard InChI is InChI=1S/C12H15NO4/c1-16-9-2-3-11(10(8-9)12(14)15)13-4-6-17-7-5-13/h2-3,8H,4-7H2,1H3,(H,14,15). The summed E-state index contributed by atoms with van der Waals surface area (Å²) < 4.78 is 10.3. The topological polar surface area (TPSA) is 59.0 Å². The number of morpholine rings is 1. The van der Waals surface area contributed by atoms with E-state index in [0.29, 0.717) is 32.1 Å². The molecule has 1 aliphatic heterocycles. The summed E-state index contributed by atoms with van der Waals surface area (Å²) in [6, 6.07) is 5.11. The summed E-state index contributed by atoms with van der Waals surface area (Å²) in [5.74, 6) is -0.384. The van der Waals surface area contributed by atoms with Crippen LogP contribution in [-0.4, -0.2) is 44.5 Å². The molecule has 2 rings (SSSR count). The van der Waals surface area contributed by atoms with E-state index in [1.807, 2.05) is 4.90 Å². The van der Waals surface area contributed by atoms with Gasteiger partial charge in [-0.2, -0.15) is 0 Å². The summed E-state index contributed by atoms with van der Waals surface area (Å²) in [5, 5.41) is 9.20. The normalized spacial score (nSPS) is 15.7. The average Bonchev–Trinajstić information content (AvgIpc) is 2.39. The molecule has 1 aromatic rings. The Morgan fingerprint density at radius 3 is 2.71 bits per heavy atom. The van der Waals surface area contributed by atoms with Crippen molar-refractivity contribution in [2.45, 2.75) is 0 Å². The van der Waals surface area contributed by atoms with Gasteiger partial charge < -0.3 is 19.5 Å². The van der Waals surface area contributed by atoms with Crippen LogP contribution in [0.2, 0.25) is 0 Å². The Labute approximate surface area is 99.6 Å². The molecule has 0 atom stereocenters. The lowest BCUT2D eigenvalue weighted by atomic mass is 10.1. The minimum Gasteiger partial charge on any atom is -0.497 e. The van der Waals surface area contributed by atoms with Gasteiger partial charge in [0.15, 0.2) is 0 Å². The average molecular weight is 237 g/mol. The highest BCUT2D eigenvalue weighted by molar-refractivity contribution is 5.95. The quantitative estimate of drug-likeness (QED) is 0.856. The molecule has 0 saturated carbocycles. The van der Waals surface area contributed by atoms with Crippen molar-refractivity contribution in [1.82, 2.24) is 0 Å². The number of nitrogens with zero attached hydrogens (tertiary/aromatic N) is 1. The molecule has 1 heterocycles. The maximum Gasteiger partial charge on any atom is 0.337 e. The van der Waals surface area contributed by atoms with Crippen LogP contribution in [0.4, 0.5) is 5.69 Å². The molecule has 0 bridgehead atoms. The zero-order chi connectivity index (χ0) is 12.3. The van der Waals surface area contributed by atoms with E-state index in [-0.39, 0.29) is 5.56 Å². The maximum absolute atomic E-state index is 11.2. The van der Waals surface area contributed by atoms with E-state index in [9.17, 15) is 9.90 Å². The molecule has 1 aliphatic rings. The Bertz CT molecular complexity index is 413. The van der Waals surface area contributed by atoms with Crippen LogP contribution in [-0.2, 0) is 4.74 Å². The van der Waals surface area contributed by atoms with Crippen LogP contribution >= 0.6 is 0 Å². The molecule has 0 unspecified atom stereocenters. The van der Waals surface area contributed by atoms with Gasteiger partial charge in [0.2, 0.25) is 0 Å². The third kappa shape index (κ3) is 2.50. The Hall–Kier alpha value is -1.75. The third-order valence-electron chi connectivity index (χ3n) is 2.79. The number of benzene rings is 1. The van der Waals surface area contributed by atoms with E-state index in [1.54, 1.807) is 18.2 Å². The summed E-state index contributed by atoms with van der Waals surface area (Å²) in [7, 11) is 1.52. The van der Waals surface area contributed by atoms with Crippen molar-refractivity contribution in [3.63, 3.8) is 0 Å². The third-order valence-corrected chi connectivity index (χ3v) is 2.79. The number of hydrogen-bond donors (Lipinski definition) is 1. The molecule has 0 radical (unpaired) electrons. The molecule has 0 aromatic heterocycles. The lowest BCUT2D eigenvalue weighted by molar-refractivity contribution is 0.0696. The second-order valence-corrected chi connectivity index (χ2v) is 3.79. The van der Waals surface area contributed by atoms with Gasteiger partial charge in [0.1, 0.15) is 5.75 Å². The zero-order valence-electron chi connectivity index (χ0n) is 9.68. The van der Waals surface area contributed by atoms with Crippen molar-refractivity contribution in [2.24, 2.45) is 0 Å². The number of anilines is 1. The number of carboxylic acids is 1. The Morgan fingerprint density at radius 1 is 1.41 bits per heavy atom. The highest BCUT2D eigenvalue weighted by Gasteiger charge is 2.18. The summed E-state index contributed by atoms with van der Waals surface area (Å²) in [5.41, 5.74) is 0.993. The fourth-order valence-electron chi connectivity index (χ4n) is 1.89. The van der Waals surface area contributed by atoms with Gasteiger partial charge in [-0.1, -0.05) is 0 Å². The molecule has 92 valence electrons. The minimum atomic E-state index is -0.939. The van der Waals surface area contributed by atoms with E-state index >= 15 is 0 Å². The van der Waals surface area contributed by atoms with Crippen LogP contribution in [0.15, 0.2) is 18.2 Å². The van der Waals surface area contributed by atoms with Gasteiger partial charge in [-0.3, -0.25) is 0 Å². The molecule has 5 heteroatoms. The minimum absolute atomic E-state index is 0.270. The molecule has 1 saturated heterocycles. The first-order valence-corrected chi connectivity index (χ1v) is 5.46. The predicted octanol–water partition coefficient (Wildman–Crippen LogP) is 1.23. The zero-order valence-corrected chi connectivity index (χ0v) is 9.68. The van der Waals surface area contributed by atoms with E-state index < -0.39 is 5.97 Å². The van der Waals surface area contributed by atoms with Gasteiger partial charge in [-0.15, -0.1) is 0 Å². The fourth-order valence-corrected chi connectivity index (χ4v) is 1.89. The molecule has 0 spiro atoms. The first kappa shape index (κ1) is 11.7. The molecule has 1 fully saturated rings. The Kier molecular flexibility index (Phi) is 3.49. The molecular weight excluding hydrogens is 222 g/mol. The first-order valence-electron chi connectivity index (χ1n) is 5.46. The molecule has 17 heavy (non-hydrogen) atoms. The first-order chi connectivity index (χ1) is 8.22. The Morgan fingerprint density at radius 2 is 2.12 bits per heavy atom. The van der Waals surface area contributed by atoms with Crippen LogP contribution < -0.4 is 9.64 Å². The fraction of sp³-hybridized carbons (Fsp3) is 0.417. The number of methoxy groups -OCH3 is 1. The van der Waals surface area contributed by atoms with Crippen LogP contribution in [0.1, 0.15) is 10.4 Å². The molecule has 5 nitrogen and oxygen atoms in total. The van der Waals surface area contributed by atoms with Crippen molar-refractivity contribution in [3.8, 4) is 5.75 Å². The molecular formula is C12H15NO4. The number of aromatic carboxylic acids is 1. The van der Waals surface area contributed by atoms with Crippen LogP contribution in [0, 0.1) is 0 Å². The van der Waals surface area contributed by atoms with Gasteiger partial charge in [0.25, 0.3) is 0 Å². The summed E-state index contributed by atoms with van der Waals surface area (Å²) in [4.78, 5) is 13.2. The van der Waals surface area contributed by atoms with Crippen LogP contribution in [0.25, 0.3) is 0 Å². The lowest BCUT2D eigenvalue weighted by Gasteiger charge is -2.30. The largest absolute Gasteiger partial charge is 0.497 e. The number of ether oxygens (including phenoxy) is 2.